The minimum absolute atomic E-state index is 0.110. The molecule has 0 aromatic heterocycles. The zero-order valence-corrected chi connectivity index (χ0v) is 13.3. The van der Waals surface area contributed by atoms with E-state index in [0.717, 1.165) is 5.41 Å². The fraction of sp³-hybridized carbons (Fsp3) is 0.118. The first kappa shape index (κ1) is 16.8. The molecule has 0 aliphatic carbocycles. The smallest absolute Gasteiger partial charge is 0.335 e. The highest BCUT2D eigenvalue weighted by Gasteiger charge is 2.08. The molecule has 2 aromatic rings. The van der Waals surface area contributed by atoms with Gasteiger partial charge >= 0.3 is 5.97 Å². The van der Waals surface area contributed by atoms with Crippen LogP contribution in [0.25, 0.3) is 6.08 Å². The normalized spacial score (nSPS) is 11.5. The van der Waals surface area contributed by atoms with Crippen molar-refractivity contribution in [3.8, 4) is 5.75 Å². The Bertz CT molecular complexity index is 803. The highest BCUT2D eigenvalue weighted by molar-refractivity contribution is 7.93. The SMILES string of the molecule is COc1ccc(CS(=O)(=O)/C=C/c2ccc(C(=O)O)cc2)cc1. The van der Waals surface area contributed by atoms with Gasteiger partial charge < -0.3 is 9.84 Å². The summed E-state index contributed by atoms with van der Waals surface area (Å²) in [5.41, 5.74) is 1.44. The van der Waals surface area contributed by atoms with Gasteiger partial charge in [-0.15, -0.1) is 0 Å². The molecule has 0 spiro atoms. The van der Waals surface area contributed by atoms with Crippen LogP contribution in [0.2, 0.25) is 0 Å². The third-order valence-corrected chi connectivity index (χ3v) is 4.44. The van der Waals surface area contributed by atoms with Crippen LogP contribution < -0.4 is 4.74 Å². The van der Waals surface area contributed by atoms with Crippen LogP contribution in [-0.4, -0.2) is 26.6 Å². The lowest BCUT2D eigenvalue weighted by Gasteiger charge is -2.03. The minimum atomic E-state index is -3.42. The number of carboxylic acids is 1. The Balaban J connectivity index is 2.08. The van der Waals surface area contributed by atoms with Crippen molar-refractivity contribution >= 4 is 21.9 Å². The van der Waals surface area contributed by atoms with Crippen LogP contribution in [0.15, 0.2) is 53.9 Å². The molecule has 0 saturated heterocycles. The molecule has 0 aliphatic heterocycles. The van der Waals surface area contributed by atoms with Crippen molar-refractivity contribution < 1.29 is 23.1 Å². The summed E-state index contributed by atoms with van der Waals surface area (Å²) in [6.07, 6.45) is 1.45. The quantitative estimate of drug-likeness (QED) is 0.879. The molecule has 0 amide bonds. The van der Waals surface area contributed by atoms with Gasteiger partial charge in [0.1, 0.15) is 5.75 Å². The van der Waals surface area contributed by atoms with E-state index in [1.165, 1.54) is 18.2 Å². The highest BCUT2D eigenvalue weighted by atomic mass is 32.2. The number of hydrogen-bond donors (Lipinski definition) is 1. The summed E-state index contributed by atoms with van der Waals surface area (Å²) >= 11 is 0. The van der Waals surface area contributed by atoms with Gasteiger partial charge in [0.2, 0.25) is 0 Å². The largest absolute Gasteiger partial charge is 0.497 e. The molecule has 2 rings (SSSR count). The lowest BCUT2D eigenvalue weighted by Crippen LogP contribution is -2.00. The van der Waals surface area contributed by atoms with Crippen molar-refractivity contribution in [1.82, 2.24) is 0 Å². The van der Waals surface area contributed by atoms with Crippen LogP contribution in [0.3, 0.4) is 0 Å². The fourth-order valence-corrected chi connectivity index (χ4v) is 3.04. The molecule has 0 atom stereocenters. The molecule has 0 heterocycles. The van der Waals surface area contributed by atoms with Crippen molar-refractivity contribution in [3.05, 3.63) is 70.6 Å². The standard InChI is InChI=1S/C17H16O5S/c1-22-16-8-4-14(5-9-16)12-23(20,21)11-10-13-2-6-15(7-3-13)17(18)19/h2-11H,12H2,1H3,(H,18,19)/b11-10+. The Hall–Kier alpha value is -2.60. The van der Waals surface area contributed by atoms with E-state index < -0.39 is 15.8 Å². The minimum Gasteiger partial charge on any atom is -0.497 e. The molecule has 0 bridgehead atoms. The Labute approximate surface area is 134 Å². The van der Waals surface area contributed by atoms with Gasteiger partial charge in [0, 0.05) is 5.41 Å². The van der Waals surface area contributed by atoms with E-state index in [2.05, 4.69) is 0 Å². The predicted molar refractivity (Wildman–Crippen MR) is 88.1 cm³/mol. The van der Waals surface area contributed by atoms with Gasteiger partial charge in [-0.3, -0.25) is 0 Å². The van der Waals surface area contributed by atoms with Crippen LogP contribution in [0.1, 0.15) is 21.5 Å². The second kappa shape index (κ2) is 7.11. The van der Waals surface area contributed by atoms with Gasteiger partial charge in [0.05, 0.1) is 18.4 Å². The average Bonchev–Trinajstić information content (AvgIpc) is 2.54. The number of ether oxygens (including phenoxy) is 1. The van der Waals surface area contributed by atoms with Crippen molar-refractivity contribution in [1.29, 1.82) is 0 Å². The molecule has 0 radical (unpaired) electrons. The van der Waals surface area contributed by atoms with E-state index in [0.29, 0.717) is 16.9 Å². The summed E-state index contributed by atoms with van der Waals surface area (Å²) < 4.78 is 29.2. The van der Waals surface area contributed by atoms with Crippen molar-refractivity contribution in [2.24, 2.45) is 0 Å². The van der Waals surface area contributed by atoms with E-state index in [-0.39, 0.29) is 11.3 Å². The molecule has 5 nitrogen and oxygen atoms in total. The number of methoxy groups -OCH3 is 1. The van der Waals surface area contributed by atoms with E-state index in [4.69, 9.17) is 9.84 Å². The van der Waals surface area contributed by atoms with Gasteiger partial charge in [-0.25, -0.2) is 13.2 Å². The third kappa shape index (κ3) is 4.96. The zero-order valence-electron chi connectivity index (χ0n) is 12.5. The summed E-state index contributed by atoms with van der Waals surface area (Å²) in [5.74, 6) is -0.464. The molecule has 0 fully saturated rings. The molecule has 23 heavy (non-hydrogen) atoms. The Kier molecular flexibility index (Phi) is 5.18. The number of rotatable bonds is 6. The summed E-state index contributed by atoms with van der Waals surface area (Å²) in [5, 5.41) is 9.95. The van der Waals surface area contributed by atoms with Gasteiger partial charge in [0.15, 0.2) is 9.84 Å². The van der Waals surface area contributed by atoms with Crippen molar-refractivity contribution in [3.63, 3.8) is 0 Å². The Morgan fingerprint density at radius 1 is 1.09 bits per heavy atom. The summed E-state index contributed by atoms with van der Waals surface area (Å²) in [7, 11) is -1.87. The topological polar surface area (TPSA) is 80.7 Å². The molecular formula is C17H16O5S. The van der Waals surface area contributed by atoms with Gasteiger partial charge in [0.25, 0.3) is 0 Å². The molecular weight excluding hydrogens is 316 g/mol. The number of hydrogen-bond acceptors (Lipinski definition) is 4. The highest BCUT2D eigenvalue weighted by Crippen LogP contribution is 2.15. The molecule has 0 aliphatic rings. The molecule has 1 N–H and O–H groups in total. The summed E-state index contributed by atoms with van der Waals surface area (Å²) in [6, 6.07) is 12.8. The van der Waals surface area contributed by atoms with E-state index in [1.807, 2.05) is 0 Å². The lowest BCUT2D eigenvalue weighted by atomic mass is 10.1. The number of carbonyl (C=O) groups is 1. The predicted octanol–water partition coefficient (Wildman–Crippen LogP) is 2.98. The molecule has 6 heteroatoms. The monoisotopic (exact) mass is 332 g/mol. The maximum absolute atomic E-state index is 12.1. The molecule has 120 valence electrons. The first-order valence-electron chi connectivity index (χ1n) is 6.77. The number of benzene rings is 2. The van der Waals surface area contributed by atoms with E-state index in [1.54, 1.807) is 43.5 Å². The van der Waals surface area contributed by atoms with Gasteiger partial charge in [-0.05, 0) is 41.5 Å². The van der Waals surface area contributed by atoms with Gasteiger partial charge in [-0.1, -0.05) is 24.3 Å². The number of aromatic carboxylic acids is 1. The van der Waals surface area contributed by atoms with Crippen LogP contribution >= 0.6 is 0 Å². The maximum Gasteiger partial charge on any atom is 0.335 e. The van der Waals surface area contributed by atoms with Crippen molar-refractivity contribution in [2.45, 2.75) is 5.75 Å². The van der Waals surface area contributed by atoms with E-state index >= 15 is 0 Å². The molecule has 2 aromatic carbocycles. The third-order valence-electron chi connectivity index (χ3n) is 3.15. The summed E-state index contributed by atoms with van der Waals surface area (Å²) in [6.45, 7) is 0. The summed E-state index contributed by atoms with van der Waals surface area (Å²) in [4.78, 5) is 10.8. The second-order valence-electron chi connectivity index (χ2n) is 4.89. The van der Waals surface area contributed by atoms with Crippen LogP contribution in [0.5, 0.6) is 5.75 Å². The van der Waals surface area contributed by atoms with Crippen LogP contribution in [-0.2, 0) is 15.6 Å². The number of sulfone groups is 1. The molecule has 0 saturated carbocycles. The van der Waals surface area contributed by atoms with Crippen LogP contribution in [0.4, 0.5) is 0 Å². The Morgan fingerprint density at radius 2 is 1.70 bits per heavy atom. The zero-order chi connectivity index (χ0) is 16.9. The maximum atomic E-state index is 12.1. The number of carboxylic acid groups (broad SMARTS) is 1. The fourth-order valence-electron chi connectivity index (χ4n) is 1.92. The first-order valence-corrected chi connectivity index (χ1v) is 8.48. The van der Waals surface area contributed by atoms with Crippen LogP contribution in [0, 0.1) is 0 Å². The second-order valence-corrected chi connectivity index (χ2v) is 6.77. The lowest BCUT2D eigenvalue weighted by molar-refractivity contribution is 0.0697. The van der Waals surface area contributed by atoms with E-state index in [9.17, 15) is 13.2 Å². The first-order chi connectivity index (χ1) is 10.9. The van der Waals surface area contributed by atoms with Crippen molar-refractivity contribution in [2.75, 3.05) is 7.11 Å². The molecule has 0 unspecified atom stereocenters. The Morgan fingerprint density at radius 3 is 2.22 bits per heavy atom. The van der Waals surface area contributed by atoms with Gasteiger partial charge in [-0.2, -0.15) is 0 Å². The average molecular weight is 332 g/mol.